The van der Waals surface area contributed by atoms with Gasteiger partial charge in [-0.15, -0.1) is 0 Å². The molecule has 0 N–H and O–H groups in total. The van der Waals surface area contributed by atoms with Gasteiger partial charge in [-0.1, -0.05) is 6.07 Å². The first-order valence-corrected chi connectivity index (χ1v) is 10.8. The van der Waals surface area contributed by atoms with Crippen LogP contribution < -0.4 is 5.56 Å². The third kappa shape index (κ3) is 2.61. The van der Waals surface area contributed by atoms with Crippen LogP contribution in [0.25, 0.3) is 11.0 Å². The topological polar surface area (TPSA) is 98.3 Å². The van der Waals surface area contributed by atoms with E-state index in [0.717, 1.165) is 29.5 Å². The number of benzene rings is 1. The molecular weight excluding hydrogens is 380 g/mol. The first-order valence-electron chi connectivity index (χ1n) is 9.33. The highest BCUT2D eigenvalue weighted by Crippen LogP contribution is 2.35. The summed E-state index contributed by atoms with van der Waals surface area (Å²) in [6.07, 6.45) is 4.35. The van der Waals surface area contributed by atoms with Gasteiger partial charge in [-0.25, -0.2) is 13.0 Å². The number of fused-ring (bicyclic) bond motifs is 2. The van der Waals surface area contributed by atoms with Crippen molar-refractivity contribution in [3.63, 3.8) is 0 Å². The van der Waals surface area contributed by atoms with Crippen molar-refractivity contribution in [1.82, 2.24) is 19.2 Å². The van der Waals surface area contributed by atoms with E-state index in [-0.39, 0.29) is 28.6 Å². The minimum absolute atomic E-state index is 0.00214. The second kappa shape index (κ2) is 5.99. The second-order valence-corrected chi connectivity index (χ2v) is 9.56. The molecule has 28 heavy (non-hydrogen) atoms. The second-order valence-electron chi connectivity index (χ2n) is 7.69. The molecule has 0 spiro atoms. The Balaban J connectivity index is 1.58. The predicted octanol–water partition coefficient (Wildman–Crippen LogP) is 2.08. The van der Waals surface area contributed by atoms with Crippen LogP contribution in [0.15, 0.2) is 32.6 Å². The molecule has 1 aliphatic heterocycles. The fourth-order valence-electron chi connectivity index (χ4n) is 4.06. The fourth-order valence-corrected chi connectivity index (χ4v) is 5.80. The van der Waals surface area contributed by atoms with E-state index in [1.54, 1.807) is 23.6 Å². The standard InChI is InChI=1S/C19H20N4O4S/c1-11-7-12(2)19(18-17(11)20-27-21-18)28(25,26)22-6-5-13-8-16(24)23(15-3-4-15)10-14(13)9-22/h7-8,10,15H,3-6,9H2,1-2H3. The summed E-state index contributed by atoms with van der Waals surface area (Å²) in [6, 6.07) is 3.71. The highest BCUT2D eigenvalue weighted by Gasteiger charge is 2.34. The molecular formula is C19H20N4O4S. The Morgan fingerprint density at radius 3 is 2.57 bits per heavy atom. The van der Waals surface area contributed by atoms with Crippen molar-refractivity contribution in [3.05, 3.63) is 50.9 Å². The van der Waals surface area contributed by atoms with Crippen molar-refractivity contribution in [3.8, 4) is 0 Å². The van der Waals surface area contributed by atoms with E-state index in [4.69, 9.17) is 4.63 Å². The maximum absolute atomic E-state index is 13.5. The average Bonchev–Trinajstić information content (AvgIpc) is 3.37. The summed E-state index contributed by atoms with van der Waals surface area (Å²) < 4.78 is 35.0. The molecule has 0 unspecified atom stereocenters. The molecule has 3 aromatic rings. The van der Waals surface area contributed by atoms with Gasteiger partial charge in [-0.2, -0.15) is 4.31 Å². The molecule has 146 valence electrons. The van der Waals surface area contributed by atoms with E-state index in [1.807, 2.05) is 13.1 Å². The lowest BCUT2D eigenvalue weighted by Gasteiger charge is -2.29. The van der Waals surface area contributed by atoms with E-state index in [2.05, 4.69) is 10.3 Å². The first kappa shape index (κ1) is 17.6. The molecule has 1 aromatic carbocycles. The van der Waals surface area contributed by atoms with Gasteiger partial charge in [0.25, 0.3) is 5.56 Å². The number of sulfonamides is 1. The molecule has 0 amide bonds. The highest BCUT2D eigenvalue weighted by atomic mass is 32.2. The third-order valence-corrected chi connectivity index (χ3v) is 7.67. The van der Waals surface area contributed by atoms with Crippen molar-refractivity contribution in [2.24, 2.45) is 0 Å². The Hall–Kier alpha value is -2.52. The number of hydrogen-bond acceptors (Lipinski definition) is 6. The summed E-state index contributed by atoms with van der Waals surface area (Å²) in [7, 11) is -3.79. The largest absolute Gasteiger partial charge is 0.312 e. The minimum atomic E-state index is -3.79. The van der Waals surface area contributed by atoms with E-state index in [0.29, 0.717) is 24.0 Å². The van der Waals surface area contributed by atoms with Gasteiger partial charge in [-0.3, -0.25) is 4.79 Å². The van der Waals surface area contributed by atoms with Gasteiger partial charge >= 0.3 is 0 Å². The van der Waals surface area contributed by atoms with E-state index < -0.39 is 10.0 Å². The van der Waals surface area contributed by atoms with Crippen LogP contribution in [0.1, 0.15) is 41.1 Å². The highest BCUT2D eigenvalue weighted by molar-refractivity contribution is 7.89. The van der Waals surface area contributed by atoms with Crippen molar-refractivity contribution in [1.29, 1.82) is 0 Å². The molecule has 8 nitrogen and oxygen atoms in total. The van der Waals surface area contributed by atoms with Gasteiger partial charge < -0.3 is 4.57 Å². The molecule has 9 heteroatoms. The van der Waals surface area contributed by atoms with Crippen LogP contribution >= 0.6 is 0 Å². The number of aryl methyl sites for hydroxylation is 2. The molecule has 1 aliphatic carbocycles. The quantitative estimate of drug-likeness (QED) is 0.668. The van der Waals surface area contributed by atoms with Crippen LogP contribution in [0.5, 0.6) is 0 Å². The third-order valence-electron chi connectivity index (χ3n) is 5.64. The number of hydrogen-bond donors (Lipinski definition) is 0. The SMILES string of the molecule is Cc1cc(C)c2nonc2c1S(=O)(=O)N1CCc2cc(=O)n(C3CC3)cc2C1. The van der Waals surface area contributed by atoms with E-state index in [9.17, 15) is 13.2 Å². The minimum Gasteiger partial charge on any atom is -0.312 e. The van der Waals surface area contributed by atoms with Gasteiger partial charge in [0.2, 0.25) is 10.0 Å². The summed E-state index contributed by atoms with van der Waals surface area (Å²) in [5.74, 6) is 0. The predicted molar refractivity (Wildman–Crippen MR) is 102 cm³/mol. The van der Waals surface area contributed by atoms with Crippen molar-refractivity contribution in [2.45, 2.75) is 50.6 Å². The summed E-state index contributed by atoms with van der Waals surface area (Å²) in [4.78, 5) is 12.4. The van der Waals surface area contributed by atoms with Crippen molar-refractivity contribution in [2.75, 3.05) is 6.54 Å². The molecule has 1 fully saturated rings. The van der Waals surface area contributed by atoms with Gasteiger partial charge in [0.1, 0.15) is 10.4 Å². The molecule has 2 aliphatic rings. The van der Waals surface area contributed by atoms with Crippen molar-refractivity contribution < 1.29 is 13.0 Å². The Labute approximate surface area is 161 Å². The molecule has 1 saturated carbocycles. The maximum atomic E-state index is 13.5. The summed E-state index contributed by atoms with van der Waals surface area (Å²) >= 11 is 0. The Bertz CT molecular complexity index is 1270. The summed E-state index contributed by atoms with van der Waals surface area (Å²) in [5, 5.41) is 7.72. The monoisotopic (exact) mass is 400 g/mol. The van der Waals surface area contributed by atoms with Gasteiger partial charge in [-0.05, 0) is 65.7 Å². The lowest BCUT2D eigenvalue weighted by Crippen LogP contribution is -2.37. The van der Waals surface area contributed by atoms with Crippen LogP contribution in [-0.4, -0.2) is 34.1 Å². The summed E-state index contributed by atoms with van der Waals surface area (Å²) in [6.45, 7) is 4.17. The number of pyridine rings is 1. The Morgan fingerprint density at radius 1 is 1.07 bits per heavy atom. The number of aromatic nitrogens is 3. The maximum Gasteiger partial charge on any atom is 0.251 e. The van der Waals surface area contributed by atoms with E-state index in [1.165, 1.54) is 4.31 Å². The molecule has 0 saturated heterocycles. The Morgan fingerprint density at radius 2 is 1.82 bits per heavy atom. The Kier molecular flexibility index (Phi) is 3.76. The lowest BCUT2D eigenvalue weighted by atomic mass is 10.0. The molecule has 5 rings (SSSR count). The van der Waals surface area contributed by atoms with E-state index >= 15 is 0 Å². The smallest absolute Gasteiger partial charge is 0.251 e. The van der Waals surface area contributed by atoms with Crippen LogP contribution in [0, 0.1) is 13.8 Å². The lowest BCUT2D eigenvalue weighted by molar-refractivity contribution is 0.314. The fraction of sp³-hybridized carbons (Fsp3) is 0.421. The van der Waals surface area contributed by atoms with Crippen LogP contribution in [-0.2, 0) is 23.0 Å². The molecule has 0 radical (unpaired) electrons. The van der Waals surface area contributed by atoms with Crippen LogP contribution in [0.4, 0.5) is 0 Å². The zero-order valence-electron chi connectivity index (χ0n) is 15.7. The van der Waals surface area contributed by atoms with Gasteiger partial charge in [0, 0.05) is 31.4 Å². The zero-order chi connectivity index (χ0) is 19.6. The molecule has 0 bridgehead atoms. The molecule has 2 aromatic heterocycles. The molecule has 3 heterocycles. The normalized spacial score (nSPS) is 17.8. The summed E-state index contributed by atoms with van der Waals surface area (Å²) in [5.41, 5.74) is 4.00. The van der Waals surface area contributed by atoms with Gasteiger partial charge in [0.05, 0.1) is 0 Å². The number of nitrogens with zero attached hydrogens (tertiary/aromatic N) is 4. The molecule has 0 atom stereocenters. The average molecular weight is 400 g/mol. The number of rotatable bonds is 3. The van der Waals surface area contributed by atoms with Crippen LogP contribution in [0.3, 0.4) is 0 Å². The zero-order valence-corrected chi connectivity index (χ0v) is 16.5. The van der Waals surface area contributed by atoms with Crippen molar-refractivity contribution >= 4 is 21.1 Å². The van der Waals surface area contributed by atoms with Crippen LogP contribution in [0.2, 0.25) is 0 Å². The first-order chi connectivity index (χ1) is 13.4. The van der Waals surface area contributed by atoms with Gasteiger partial charge in [0.15, 0.2) is 5.52 Å².